The summed E-state index contributed by atoms with van der Waals surface area (Å²) in [4.78, 5) is 5.83. The van der Waals surface area contributed by atoms with E-state index in [1.165, 1.54) is 4.88 Å². The van der Waals surface area contributed by atoms with Crippen LogP contribution in [0.2, 0.25) is 4.34 Å². The molecule has 0 radical (unpaired) electrons. The third kappa shape index (κ3) is 3.79. The summed E-state index contributed by atoms with van der Waals surface area (Å²) in [6, 6.07) is 4.40. The van der Waals surface area contributed by atoms with Crippen molar-refractivity contribution in [1.29, 1.82) is 0 Å². The van der Waals surface area contributed by atoms with Gasteiger partial charge in [0.15, 0.2) is 0 Å². The Kier molecular flexibility index (Phi) is 5.18. The summed E-state index contributed by atoms with van der Waals surface area (Å²) in [5.74, 6) is 0. The van der Waals surface area contributed by atoms with Crippen LogP contribution in [-0.2, 0) is 6.42 Å². The minimum absolute atomic E-state index is 0.323. The molecule has 98 valence electrons. The minimum atomic E-state index is 0.323. The maximum absolute atomic E-state index is 6.02. The van der Waals surface area contributed by atoms with E-state index in [9.17, 15) is 0 Å². The van der Waals surface area contributed by atoms with Gasteiger partial charge in [0.25, 0.3) is 0 Å². The van der Waals surface area contributed by atoms with Gasteiger partial charge < -0.3 is 5.32 Å². The first-order chi connectivity index (χ1) is 8.69. The summed E-state index contributed by atoms with van der Waals surface area (Å²) in [7, 11) is 0. The van der Waals surface area contributed by atoms with E-state index < -0.39 is 0 Å². The fraction of sp³-hybridized carbons (Fsp3) is 0.462. The number of thiazole rings is 1. The molecule has 2 nitrogen and oxygen atoms in total. The third-order valence-corrected chi connectivity index (χ3v) is 4.83. The van der Waals surface area contributed by atoms with Gasteiger partial charge in [-0.3, -0.25) is 0 Å². The molecule has 0 aliphatic carbocycles. The molecule has 2 rings (SSSR count). The molecule has 5 heteroatoms. The van der Waals surface area contributed by atoms with Gasteiger partial charge in [-0.2, -0.15) is 0 Å². The van der Waals surface area contributed by atoms with Crippen LogP contribution < -0.4 is 5.32 Å². The Morgan fingerprint density at radius 2 is 2.28 bits per heavy atom. The molecule has 1 atom stereocenters. The molecule has 1 N–H and O–H groups in total. The lowest BCUT2D eigenvalue weighted by molar-refractivity contribution is 0.532. The average molecular weight is 301 g/mol. The van der Waals surface area contributed by atoms with Crippen molar-refractivity contribution in [2.75, 3.05) is 6.54 Å². The summed E-state index contributed by atoms with van der Waals surface area (Å²) < 4.78 is 0.850. The van der Waals surface area contributed by atoms with Crippen molar-refractivity contribution in [3.05, 3.63) is 37.4 Å². The second-order valence-corrected chi connectivity index (χ2v) is 7.02. The summed E-state index contributed by atoms with van der Waals surface area (Å²) in [5, 5.41) is 6.85. The van der Waals surface area contributed by atoms with Crippen molar-refractivity contribution in [2.24, 2.45) is 0 Å². The summed E-state index contributed by atoms with van der Waals surface area (Å²) in [6.45, 7) is 5.24. The van der Waals surface area contributed by atoms with E-state index in [-0.39, 0.29) is 0 Å². The van der Waals surface area contributed by atoms with Crippen LogP contribution in [0.1, 0.15) is 35.0 Å². The van der Waals surface area contributed by atoms with Crippen LogP contribution in [0.5, 0.6) is 0 Å². The molecule has 0 aromatic carbocycles. The average Bonchev–Trinajstić information content (AvgIpc) is 2.93. The maximum Gasteiger partial charge on any atom is 0.0931 e. The number of nitrogens with one attached hydrogen (secondary N) is 1. The molecule has 2 aromatic rings. The van der Waals surface area contributed by atoms with Crippen molar-refractivity contribution >= 4 is 34.3 Å². The van der Waals surface area contributed by atoms with Gasteiger partial charge in [0.1, 0.15) is 0 Å². The van der Waals surface area contributed by atoms with E-state index in [2.05, 4.69) is 28.7 Å². The first-order valence-electron chi connectivity index (χ1n) is 6.08. The highest BCUT2D eigenvalue weighted by Gasteiger charge is 2.15. The molecule has 0 aliphatic rings. The molecule has 0 saturated heterocycles. The molecule has 0 spiro atoms. The molecule has 0 saturated carbocycles. The number of hydrogen-bond donors (Lipinski definition) is 1. The summed E-state index contributed by atoms with van der Waals surface area (Å²) in [6.07, 6.45) is 2.06. The predicted molar refractivity (Wildman–Crippen MR) is 80.9 cm³/mol. The normalized spacial score (nSPS) is 12.8. The van der Waals surface area contributed by atoms with Crippen molar-refractivity contribution in [3.8, 4) is 0 Å². The Labute approximate surface area is 121 Å². The Morgan fingerprint density at radius 1 is 1.44 bits per heavy atom. The van der Waals surface area contributed by atoms with Crippen LogP contribution in [0.25, 0.3) is 0 Å². The van der Waals surface area contributed by atoms with E-state index >= 15 is 0 Å². The quantitative estimate of drug-likeness (QED) is 0.852. The molecule has 0 bridgehead atoms. The molecule has 2 heterocycles. The smallest absolute Gasteiger partial charge is 0.0931 e. The number of nitrogens with zero attached hydrogens (tertiary/aromatic N) is 1. The highest BCUT2D eigenvalue weighted by Crippen LogP contribution is 2.29. The molecular weight excluding hydrogens is 284 g/mol. The molecule has 1 unspecified atom stereocenters. The van der Waals surface area contributed by atoms with E-state index in [1.54, 1.807) is 22.7 Å². The monoisotopic (exact) mass is 300 g/mol. The Balaban J connectivity index is 2.09. The summed E-state index contributed by atoms with van der Waals surface area (Å²) >= 11 is 9.38. The highest BCUT2D eigenvalue weighted by atomic mass is 35.5. The molecule has 0 amide bonds. The Bertz CT molecular complexity index is 493. The molecule has 0 aliphatic heterocycles. The van der Waals surface area contributed by atoms with E-state index in [4.69, 9.17) is 11.6 Å². The lowest BCUT2D eigenvalue weighted by atomic mass is 10.1. The number of aryl methyl sites for hydroxylation is 1. The zero-order valence-electron chi connectivity index (χ0n) is 10.6. The van der Waals surface area contributed by atoms with Crippen molar-refractivity contribution in [1.82, 2.24) is 10.3 Å². The standard InChI is InChI=1S/C13H17ClN2S2/c1-3-6-15-11(12-4-5-13(14)18-12)7-10-8-17-9(2)16-10/h4-5,8,11,15H,3,6-7H2,1-2H3. The van der Waals surface area contributed by atoms with Gasteiger partial charge >= 0.3 is 0 Å². The predicted octanol–water partition coefficient (Wildman–Crippen LogP) is 4.45. The van der Waals surface area contributed by atoms with Crippen LogP contribution in [0, 0.1) is 6.92 Å². The van der Waals surface area contributed by atoms with Gasteiger partial charge in [-0.15, -0.1) is 22.7 Å². The van der Waals surface area contributed by atoms with Gasteiger partial charge in [-0.1, -0.05) is 18.5 Å². The number of halogens is 1. The van der Waals surface area contributed by atoms with Crippen LogP contribution in [0.15, 0.2) is 17.5 Å². The number of thiophene rings is 1. The van der Waals surface area contributed by atoms with Crippen LogP contribution in [-0.4, -0.2) is 11.5 Å². The number of aromatic nitrogens is 1. The first-order valence-corrected chi connectivity index (χ1v) is 8.16. The fourth-order valence-corrected chi connectivity index (χ4v) is 3.58. The third-order valence-electron chi connectivity index (χ3n) is 2.66. The largest absolute Gasteiger partial charge is 0.309 e. The maximum atomic E-state index is 6.02. The first kappa shape index (κ1) is 14.0. The van der Waals surface area contributed by atoms with Crippen molar-refractivity contribution in [3.63, 3.8) is 0 Å². The highest BCUT2D eigenvalue weighted by molar-refractivity contribution is 7.16. The van der Waals surface area contributed by atoms with Gasteiger partial charge in [-0.25, -0.2) is 4.98 Å². The van der Waals surface area contributed by atoms with Gasteiger partial charge in [0, 0.05) is 22.7 Å². The van der Waals surface area contributed by atoms with Crippen molar-refractivity contribution < 1.29 is 0 Å². The fourth-order valence-electron chi connectivity index (χ4n) is 1.82. The van der Waals surface area contributed by atoms with E-state index in [1.807, 2.05) is 13.0 Å². The molecule has 2 aromatic heterocycles. The van der Waals surface area contributed by atoms with Gasteiger partial charge in [-0.05, 0) is 32.0 Å². The SMILES string of the molecule is CCCNC(Cc1csc(C)n1)c1ccc(Cl)s1. The number of rotatable bonds is 6. The number of hydrogen-bond acceptors (Lipinski definition) is 4. The van der Waals surface area contributed by atoms with Crippen molar-refractivity contribution in [2.45, 2.75) is 32.7 Å². The van der Waals surface area contributed by atoms with Crippen LogP contribution in [0.3, 0.4) is 0 Å². The van der Waals surface area contributed by atoms with E-state index in [0.717, 1.165) is 34.4 Å². The zero-order chi connectivity index (χ0) is 13.0. The zero-order valence-corrected chi connectivity index (χ0v) is 13.0. The lowest BCUT2D eigenvalue weighted by Gasteiger charge is -2.15. The molecule has 0 fully saturated rings. The summed E-state index contributed by atoms with van der Waals surface area (Å²) in [5.41, 5.74) is 1.16. The Morgan fingerprint density at radius 3 is 2.83 bits per heavy atom. The topological polar surface area (TPSA) is 24.9 Å². The van der Waals surface area contributed by atoms with Gasteiger partial charge in [0.05, 0.1) is 15.0 Å². The molecular formula is C13H17ClN2S2. The second kappa shape index (κ2) is 6.66. The lowest BCUT2D eigenvalue weighted by Crippen LogP contribution is -2.23. The second-order valence-electron chi connectivity index (χ2n) is 4.21. The van der Waals surface area contributed by atoms with Gasteiger partial charge in [0.2, 0.25) is 0 Å². The van der Waals surface area contributed by atoms with Crippen LogP contribution >= 0.6 is 34.3 Å². The minimum Gasteiger partial charge on any atom is -0.309 e. The van der Waals surface area contributed by atoms with E-state index in [0.29, 0.717) is 6.04 Å². The molecule has 18 heavy (non-hydrogen) atoms. The Hall–Kier alpha value is -0.420. The van der Waals surface area contributed by atoms with Crippen LogP contribution in [0.4, 0.5) is 0 Å².